The number of halogens is 1. The molecule has 1 atom stereocenters. The zero-order chi connectivity index (χ0) is 12.3. The Kier molecular flexibility index (Phi) is 4.51. The Hall–Kier alpha value is -0.480. The van der Waals surface area contributed by atoms with Gasteiger partial charge in [-0.1, -0.05) is 34.1 Å². The van der Waals surface area contributed by atoms with Crippen LogP contribution in [-0.4, -0.2) is 17.2 Å². The van der Waals surface area contributed by atoms with E-state index in [0.717, 1.165) is 23.1 Å². The lowest BCUT2D eigenvalue weighted by Gasteiger charge is -2.12. The van der Waals surface area contributed by atoms with Crippen molar-refractivity contribution in [2.24, 2.45) is 0 Å². The molecule has 1 N–H and O–H groups in total. The summed E-state index contributed by atoms with van der Waals surface area (Å²) in [4.78, 5) is 11.8. The topological polar surface area (TPSA) is 29.1 Å². The van der Waals surface area contributed by atoms with Gasteiger partial charge in [-0.2, -0.15) is 0 Å². The van der Waals surface area contributed by atoms with Crippen molar-refractivity contribution < 1.29 is 4.79 Å². The third-order valence-corrected chi connectivity index (χ3v) is 4.70. The highest BCUT2D eigenvalue weighted by Crippen LogP contribution is 2.25. The Balaban J connectivity index is 1.80. The Labute approximate surface area is 115 Å². The van der Waals surface area contributed by atoms with Gasteiger partial charge in [0.1, 0.15) is 0 Å². The highest BCUT2D eigenvalue weighted by molar-refractivity contribution is 9.10. The number of carbonyl (C=O) groups is 1. The van der Waals surface area contributed by atoms with E-state index in [1.165, 1.54) is 5.56 Å². The molecule has 1 unspecified atom stereocenters. The number of amides is 1. The van der Waals surface area contributed by atoms with Crippen LogP contribution in [0.4, 0.5) is 0 Å². The molecular formula is C13H16BrNOS. The van der Waals surface area contributed by atoms with Crippen LogP contribution in [0.2, 0.25) is 0 Å². The van der Waals surface area contributed by atoms with Crippen molar-refractivity contribution in [3.05, 3.63) is 34.3 Å². The van der Waals surface area contributed by atoms with E-state index in [1.807, 2.05) is 25.1 Å². The lowest BCUT2D eigenvalue weighted by Crippen LogP contribution is -2.32. The molecule has 0 bridgehead atoms. The maximum Gasteiger partial charge on any atom is 0.233 e. The van der Waals surface area contributed by atoms with Crippen molar-refractivity contribution in [2.75, 3.05) is 0 Å². The molecule has 1 aromatic rings. The summed E-state index contributed by atoms with van der Waals surface area (Å²) < 4.78 is 1.11. The summed E-state index contributed by atoms with van der Waals surface area (Å²) in [5.41, 5.74) is 1.24. The molecule has 2 nitrogen and oxygen atoms in total. The minimum atomic E-state index is 0.0164. The highest BCUT2D eigenvalue weighted by Gasteiger charge is 2.25. The largest absolute Gasteiger partial charge is 0.352 e. The molecule has 1 amide bonds. The summed E-state index contributed by atoms with van der Waals surface area (Å²) in [5.74, 6) is 1.03. The van der Waals surface area contributed by atoms with E-state index >= 15 is 0 Å². The van der Waals surface area contributed by atoms with Gasteiger partial charge in [0.05, 0.1) is 5.25 Å². The van der Waals surface area contributed by atoms with E-state index in [4.69, 9.17) is 0 Å². The van der Waals surface area contributed by atoms with E-state index in [1.54, 1.807) is 11.8 Å². The Bertz CT molecular complexity index is 406. The van der Waals surface area contributed by atoms with Gasteiger partial charge < -0.3 is 5.32 Å². The monoisotopic (exact) mass is 313 g/mol. The third-order valence-electron chi connectivity index (χ3n) is 2.74. The maximum absolute atomic E-state index is 11.8. The smallest absolute Gasteiger partial charge is 0.233 e. The first-order valence-corrected chi connectivity index (χ1v) is 7.66. The molecule has 2 rings (SSSR count). The van der Waals surface area contributed by atoms with Crippen LogP contribution in [0.5, 0.6) is 0 Å². The predicted molar refractivity (Wildman–Crippen MR) is 76.1 cm³/mol. The van der Waals surface area contributed by atoms with Crippen LogP contribution in [0.25, 0.3) is 0 Å². The molecule has 0 radical (unpaired) electrons. The lowest BCUT2D eigenvalue weighted by molar-refractivity contribution is -0.120. The van der Waals surface area contributed by atoms with Gasteiger partial charge in [0.2, 0.25) is 5.91 Å². The number of thioether (sulfide) groups is 1. The molecular weight excluding hydrogens is 298 g/mol. The summed E-state index contributed by atoms with van der Waals surface area (Å²) in [5, 5.41) is 3.05. The number of rotatable bonds is 5. The van der Waals surface area contributed by atoms with Crippen molar-refractivity contribution in [2.45, 2.75) is 36.8 Å². The summed E-state index contributed by atoms with van der Waals surface area (Å²) >= 11 is 5.20. The lowest BCUT2D eigenvalue weighted by atomic mass is 10.2. The van der Waals surface area contributed by atoms with Gasteiger partial charge in [-0.05, 0) is 31.4 Å². The van der Waals surface area contributed by atoms with Gasteiger partial charge in [0.15, 0.2) is 0 Å². The second-order valence-corrected chi connectivity index (χ2v) is 6.51. The van der Waals surface area contributed by atoms with Gasteiger partial charge in [-0.15, -0.1) is 11.8 Å². The molecule has 1 fully saturated rings. The van der Waals surface area contributed by atoms with E-state index in [-0.39, 0.29) is 11.2 Å². The Morgan fingerprint density at radius 2 is 2.24 bits per heavy atom. The average molecular weight is 314 g/mol. The van der Waals surface area contributed by atoms with Crippen LogP contribution in [-0.2, 0) is 10.5 Å². The zero-order valence-corrected chi connectivity index (χ0v) is 12.2. The second-order valence-electron chi connectivity index (χ2n) is 4.33. The summed E-state index contributed by atoms with van der Waals surface area (Å²) in [6.07, 6.45) is 2.29. The average Bonchev–Trinajstić information content (AvgIpc) is 3.11. The fourth-order valence-corrected chi connectivity index (χ4v) is 2.96. The van der Waals surface area contributed by atoms with Crippen molar-refractivity contribution in [3.63, 3.8) is 0 Å². The van der Waals surface area contributed by atoms with Gasteiger partial charge in [0, 0.05) is 16.3 Å². The first-order chi connectivity index (χ1) is 8.16. The van der Waals surface area contributed by atoms with Crippen molar-refractivity contribution in [1.82, 2.24) is 5.32 Å². The van der Waals surface area contributed by atoms with Crippen LogP contribution in [0, 0.1) is 0 Å². The van der Waals surface area contributed by atoms with E-state index in [0.29, 0.717) is 6.04 Å². The molecule has 0 heterocycles. The summed E-state index contributed by atoms with van der Waals surface area (Å²) in [6.45, 7) is 1.97. The number of hydrogen-bond acceptors (Lipinski definition) is 2. The SMILES string of the molecule is CC(SCc1ccccc1Br)C(=O)NC1CC1. The quantitative estimate of drug-likeness (QED) is 0.903. The first-order valence-electron chi connectivity index (χ1n) is 5.82. The van der Waals surface area contributed by atoms with E-state index < -0.39 is 0 Å². The van der Waals surface area contributed by atoms with Crippen LogP contribution >= 0.6 is 27.7 Å². The van der Waals surface area contributed by atoms with E-state index in [9.17, 15) is 4.79 Å². The number of hydrogen-bond donors (Lipinski definition) is 1. The van der Waals surface area contributed by atoms with Crippen molar-refractivity contribution >= 4 is 33.6 Å². The Morgan fingerprint density at radius 1 is 1.53 bits per heavy atom. The molecule has 0 aromatic heterocycles. The van der Waals surface area contributed by atoms with Crippen LogP contribution in [0.15, 0.2) is 28.7 Å². The van der Waals surface area contributed by atoms with Crippen LogP contribution < -0.4 is 5.32 Å². The molecule has 1 aliphatic carbocycles. The minimum Gasteiger partial charge on any atom is -0.352 e. The minimum absolute atomic E-state index is 0.0164. The maximum atomic E-state index is 11.8. The fraction of sp³-hybridized carbons (Fsp3) is 0.462. The molecule has 0 saturated heterocycles. The standard InChI is InChI=1S/C13H16BrNOS/c1-9(13(16)15-11-6-7-11)17-8-10-4-2-3-5-12(10)14/h2-5,9,11H,6-8H2,1H3,(H,15,16). The molecule has 4 heteroatoms. The molecule has 1 aromatic carbocycles. The second kappa shape index (κ2) is 5.91. The fourth-order valence-electron chi connectivity index (χ4n) is 1.45. The van der Waals surface area contributed by atoms with Crippen molar-refractivity contribution in [3.8, 4) is 0 Å². The van der Waals surface area contributed by atoms with Gasteiger partial charge in [-0.3, -0.25) is 4.79 Å². The van der Waals surface area contributed by atoms with Crippen LogP contribution in [0.3, 0.4) is 0 Å². The predicted octanol–water partition coefficient (Wildman–Crippen LogP) is 3.35. The summed E-state index contributed by atoms with van der Waals surface area (Å²) in [7, 11) is 0. The number of carbonyl (C=O) groups excluding carboxylic acids is 1. The number of nitrogens with one attached hydrogen (secondary N) is 1. The third kappa shape index (κ3) is 4.03. The van der Waals surface area contributed by atoms with Gasteiger partial charge >= 0.3 is 0 Å². The molecule has 17 heavy (non-hydrogen) atoms. The van der Waals surface area contributed by atoms with Gasteiger partial charge in [-0.25, -0.2) is 0 Å². The van der Waals surface area contributed by atoms with E-state index in [2.05, 4.69) is 27.3 Å². The van der Waals surface area contributed by atoms with Crippen molar-refractivity contribution in [1.29, 1.82) is 0 Å². The molecule has 1 aliphatic rings. The Morgan fingerprint density at radius 3 is 2.88 bits per heavy atom. The highest BCUT2D eigenvalue weighted by atomic mass is 79.9. The number of benzene rings is 1. The first kappa shape index (κ1) is 13.0. The molecule has 1 saturated carbocycles. The summed E-state index contributed by atoms with van der Waals surface area (Å²) in [6, 6.07) is 8.60. The molecule has 0 spiro atoms. The van der Waals surface area contributed by atoms with Crippen LogP contribution in [0.1, 0.15) is 25.3 Å². The zero-order valence-electron chi connectivity index (χ0n) is 9.78. The molecule has 0 aliphatic heterocycles. The normalized spacial score (nSPS) is 16.6. The van der Waals surface area contributed by atoms with Gasteiger partial charge in [0.25, 0.3) is 0 Å². The molecule has 92 valence electrons.